The molecule has 0 amide bonds. The van der Waals surface area contributed by atoms with Gasteiger partial charge in [-0.15, -0.1) is 0 Å². The molecule has 1 aromatic heterocycles. The van der Waals surface area contributed by atoms with Crippen LogP contribution in [0.5, 0.6) is 0 Å². The Bertz CT molecular complexity index is 416. The van der Waals surface area contributed by atoms with E-state index in [1.807, 2.05) is 0 Å². The van der Waals surface area contributed by atoms with E-state index in [0.29, 0.717) is 11.7 Å². The second-order valence-electron chi connectivity index (χ2n) is 4.96. The molecule has 1 aliphatic rings. The lowest BCUT2D eigenvalue weighted by Gasteiger charge is -2.28. The van der Waals surface area contributed by atoms with Crippen molar-refractivity contribution in [3.05, 3.63) is 28.4 Å². The summed E-state index contributed by atoms with van der Waals surface area (Å²) in [5, 5.41) is 14.1. The van der Waals surface area contributed by atoms with Gasteiger partial charge in [0.05, 0.1) is 4.92 Å². The minimum atomic E-state index is -0.386. The molecule has 1 fully saturated rings. The van der Waals surface area contributed by atoms with Gasteiger partial charge in [-0.2, -0.15) is 0 Å². The van der Waals surface area contributed by atoms with Crippen LogP contribution in [-0.4, -0.2) is 15.9 Å². The SMILES string of the molecule is C[C@@H](Nc1ncccc1[N+](=O)[O-])C1CCCCC1. The van der Waals surface area contributed by atoms with Crippen LogP contribution in [0.2, 0.25) is 0 Å². The third-order valence-electron chi connectivity index (χ3n) is 3.70. The summed E-state index contributed by atoms with van der Waals surface area (Å²) in [6, 6.07) is 3.32. The Labute approximate surface area is 107 Å². The van der Waals surface area contributed by atoms with Gasteiger partial charge in [0.2, 0.25) is 5.82 Å². The van der Waals surface area contributed by atoms with Crippen LogP contribution in [0.4, 0.5) is 11.5 Å². The van der Waals surface area contributed by atoms with Crippen molar-refractivity contribution in [1.82, 2.24) is 4.98 Å². The van der Waals surface area contributed by atoms with Gasteiger partial charge in [-0.25, -0.2) is 4.98 Å². The van der Waals surface area contributed by atoms with Crippen molar-refractivity contribution in [2.45, 2.75) is 45.1 Å². The number of pyridine rings is 1. The van der Waals surface area contributed by atoms with E-state index in [4.69, 9.17) is 0 Å². The van der Waals surface area contributed by atoms with Gasteiger partial charge in [0.1, 0.15) is 0 Å². The van der Waals surface area contributed by atoms with E-state index >= 15 is 0 Å². The minimum Gasteiger partial charge on any atom is -0.362 e. The fraction of sp³-hybridized carbons (Fsp3) is 0.615. The highest BCUT2D eigenvalue weighted by Gasteiger charge is 2.23. The fourth-order valence-electron chi connectivity index (χ4n) is 2.62. The third-order valence-corrected chi connectivity index (χ3v) is 3.70. The molecule has 0 saturated heterocycles. The molecule has 0 unspecified atom stereocenters. The Morgan fingerprint density at radius 3 is 2.83 bits per heavy atom. The predicted octanol–water partition coefficient (Wildman–Crippen LogP) is 3.37. The topological polar surface area (TPSA) is 68.1 Å². The van der Waals surface area contributed by atoms with Crippen LogP contribution in [0.25, 0.3) is 0 Å². The van der Waals surface area contributed by atoms with Crippen LogP contribution >= 0.6 is 0 Å². The number of anilines is 1. The van der Waals surface area contributed by atoms with E-state index in [9.17, 15) is 10.1 Å². The van der Waals surface area contributed by atoms with Gasteiger partial charge >= 0.3 is 5.69 Å². The lowest BCUT2D eigenvalue weighted by Crippen LogP contribution is -2.28. The highest BCUT2D eigenvalue weighted by molar-refractivity contribution is 5.55. The lowest BCUT2D eigenvalue weighted by atomic mass is 9.84. The summed E-state index contributed by atoms with van der Waals surface area (Å²) < 4.78 is 0. The van der Waals surface area contributed by atoms with Crippen LogP contribution in [0, 0.1) is 16.0 Å². The summed E-state index contributed by atoms with van der Waals surface area (Å²) >= 11 is 0. The van der Waals surface area contributed by atoms with Crippen molar-refractivity contribution in [2.24, 2.45) is 5.92 Å². The third kappa shape index (κ3) is 2.97. The summed E-state index contributed by atoms with van der Waals surface area (Å²) in [6.45, 7) is 2.09. The molecule has 2 rings (SSSR count). The van der Waals surface area contributed by atoms with Gasteiger partial charge in [0, 0.05) is 18.3 Å². The number of aromatic nitrogens is 1. The van der Waals surface area contributed by atoms with Gasteiger partial charge in [-0.3, -0.25) is 10.1 Å². The zero-order valence-corrected chi connectivity index (χ0v) is 10.6. The molecule has 0 aromatic carbocycles. The molecule has 1 saturated carbocycles. The maximum absolute atomic E-state index is 10.9. The summed E-state index contributed by atoms with van der Waals surface area (Å²) in [5.41, 5.74) is 0.0557. The first-order valence-corrected chi connectivity index (χ1v) is 6.54. The van der Waals surface area contributed by atoms with E-state index in [-0.39, 0.29) is 16.7 Å². The van der Waals surface area contributed by atoms with Gasteiger partial charge < -0.3 is 5.32 Å². The molecule has 1 N–H and O–H groups in total. The van der Waals surface area contributed by atoms with E-state index < -0.39 is 0 Å². The number of nitro groups is 1. The van der Waals surface area contributed by atoms with Gasteiger partial charge in [0.25, 0.3) is 0 Å². The van der Waals surface area contributed by atoms with Crippen molar-refractivity contribution in [3.63, 3.8) is 0 Å². The van der Waals surface area contributed by atoms with E-state index in [2.05, 4.69) is 17.2 Å². The summed E-state index contributed by atoms with van der Waals surface area (Å²) in [6.07, 6.45) is 7.83. The van der Waals surface area contributed by atoms with Crippen LogP contribution in [0.15, 0.2) is 18.3 Å². The van der Waals surface area contributed by atoms with Gasteiger partial charge in [-0.05, 0) is 31.7 Å². The molecule has 1 atom stereocenters. The quantitative estimate of drug-likeness (QED) is 0.656. The zero-order valence-electron chi connectivity index (χ0n) is 10.6. The smallest absolute Gasteiger partial charge is 0.311 e. The van der Waals surface area contributed by atoms with Crippen molar-refractivity contribution < 1.29 is 4.92 Å². The highest BCUT2D eigenvalue weighted by Crippen LogP contribution is 2.29. The molecule has 1 aromatic rings. The molecular weight excluding hydrogens is 230 g/mol. The monoisotopic (exact) mass is 249 g/mol. The first kappa shape index (κ1) is 12.8. The first-order valence-electron chi connectivity index (χ1n) is 6.54. The minimum absolute atomic E-state index is 0.0557. The molecule has 0 radical (unpaired) electrons. The Morgan fingerprint density at radius 2 is 2.17 bits per heavy atom. The second-order valence-corrected chi connectivity index (χ2v) is 4.96. The number of hydrogen-bond donors (Lipinski definition) is 1. The Balaban J connectivity index is 2.06. The second kappa shape index (κ2) is 5.80. The van der Waals surface area contributed by atoms with Crippen molar-refractivity contribution in [3.8, 4) is 0 Å². The normalized spacial score (nSPS) is 18.3. The standard InChI is InChI=1S/C13H19N3O2/c1-10(11-6-3-2-4-7-11)15-13-12(16(17)18)8-5-9-14-13/h5,8-11H,2-4,6-7H2,1H3,(H,14,15)/t10-/m1/s1. The summed E-state index contributed by atoms with van der Waals surface area (Å²) in [4.78, 5) is 14.6. The molecule has 1 heterocycles. The first-order chi connectivity index (χ1) is 8.68. The molecule has 1 aliphatic carbocycles. The molecule has 5 nitrogen and oxygen atoms in total. The average Bonchev–Trinajstić information content (AvgIpc) is 2.40. The molecule has 0 bridgehead atoms. The maximum Gasteiger partial charge on any atom is 0.311 e. The Morgan fingerprint density at radius 1 is 1.44 bits per heavy atom. The number of nitrogens with one attached hydrogen (secondary N) is 1. The number of rotatable bonds is 4. The highest BCUT2D eigenvalue weighted by atomic mass is 16.6. The van der Waals surface area contributed by atoms with Crippen LogP contribution in [0.1, 0.15) is 39.0 Å². The maximum atomic E-state index is 10.9. The molecule has 0 spiro atoms. The van der Waals surface area contributed by atoms with E-state index in [1.165, 1.54) is 38.2 Å². The Kier molecular flexibility index (Phi) is 4.12. The van der Waals surface area contributed by atoms with E-state index in [0.717, 1.165) is 0 Å². The average molecular weight is 249 g/mol. The predicted molar refractivity (Wildman–Crippen MR) is 70.6 cm³/mol. The molecule has 5 heteroatoms. The van der Waals surface area contributed by atoms with Crippen molar-refractivity contribution in [1.29, 1.82) is 0 Å². The van der Waals surface area contributed by atoms with Gasteiger partial charge in [0.15, 0.2) is 0 Å². The van der Waals surface area contributed by atoms with Crippen LogP contribution in [0.3, 0.4) is 0 Å². The fourth-order valence-corrected chi connectivity index (χ4v) is 2.62. The zero-order chi connectivity index (χ0) is 13.0. The van der Waals surface area contributed by atoms with E-state index in [1.54, 1.807) is 12.3 Å². The molecule has 98 valence electrons. The lowest BCUT2D eigenvalue weighted by molar-refractivity contribution is -0.384. The molecule has 0 aliphatic heterocycles. The number of hydrogen-bond acceptors (Lipinski definition) is 4. The Hall–Kier alpha value is -1.65. The van der Waals surface area contributed by atoms with Crippen LogP contribution in [-0.2, 0) is 0 Å². The molecular formula is C13H19N3O2. The van der Waals surface area contributed by atoms with Crippen molar-refractivity contribution >= 4 is 11.5 Å². The summed E-state index contributed by atoms with van der Waals surface area (Å²) in [5.74, 6) is 0.987. The largest absolute Gasteiger partial charge is 0.362 e. The van der Waals surface area contributed by atoms with Crippen molar-refractivity contribution in [2.75, 3.05) is 5.32 Å². The van der Waals surface area contributed by atoms with Crippen LogP contribution < -0.4 is 5.32 Å². The number of nitrogens with zero attached hydrogens (tertiary/aromatic N) is 2. The van der Waals surface area contributed by atoms with Gasteiger partial charge in [-0.1, -0.05) is 19.3 Å². The molecule has 18 heavy (non-hydrogen) atoms. The summed E-state index contributed by atoms with van der Waals surface area (Å²) in [7, 11) is 0.